The molecule has 0 N–H and O–H groups in total. The molecule has 6 aromatic rings. The number of para-hydroxylation sites is 1. The normalized spacial score (nSPS) is 12.4. The Morgan fingerprint density at radius 2 is 1.94 bits per heavy atom. The van der Waals surface area contributed by atoms with Crippen molar-refractivity contribution >= 4 is 49.3 Å². The van der Waals surface area contributed by atoms with E-state index in [9.17, 15) is 4.79 Å². The molecule has 0 bridgehead atoms. The van der Waals surface area contributed by atoms with Gasteiger partial charge in [0.05, 0.1) is 0 Å². The number of halogens is 1. The van der Waals surface area contributed by atoms with Gasteiger partial charge in [0.25, 0.3) is 5.56 Å². The molecule has 0 fully saturated rings. The first kappa shape index (κ1) is 19.2. The minimum Gasteiger partial charge on any atom is -0.457 e. The molecule has 6 nitrogen and oxygen atoms in total. The maximum atomic E-state index is 12.9. The summed E-state index contributed by atoms with van der Waals surface area (Å²) < 4.78 is 14.7. The van der Waals surface area contributed by atoms with Crippen LogP contribution in [0.25, 0.3) is 44.9 Å². The van der Waals surface area contributed by atoms with Crippen LogP contribution < -0.4 is 10.1 Å². The molecule has 0 spiro atoms. The van der Waals surface area contributed by atoms with E-state index in [1.165, 1.54) is 15.9 Å². The zero-order chi connectivity index (χ0) is 21.8. The minimum atomic E-state index is -0.238. The summed E-state index contributed by atoms with van der Waals surface area (Å²) in [5, 5.41) is 5.43. The van der Waals surface area contributed by atoms with Gasteiger partial charge in [0.1, 0.15) is 21.6 Å². The lowest BCUT2D eigenvalue weighted by Crippen LogP contribution is -2.23. The van der Waals surface area contributed by atoms with Gasteiger partial charge in [-0.3, -0.25) is 4.79 Å². The summed E-state index contributed by atoms with van der Waals surface area (Å²) in [4.78, 5) is 18.0. The molecule has 0 amide bonds. The van der Waals surface area contributed by atoms with Crippen molar-refractivity contribution in [3.8, 4) is 22.9 Å². The van der Waals surface area contributed by atoms with Crippen LogP contribution in [0, 0.1) is 6.92 Å². The van der Waals surface area contributed by atoms with E-state index in [0.717, 1.165) is 32.3 Å². The highest BCUT2D eigenvalue weighted by atomic mass is 79.9. The molecule has 6 rings (SSSR count). The summed E-state index contributed by atoms with van der Waals surface area (Å²) in [5.41, 5.74) is 2.44. The monoisotopic (exact) mass is 503 g/mol. The highest BCUT2D eigenvalue weighted by molar-refractivity contribution is 9.10. The second-order valence-corrected chi connectivity index (χ2v) is 9.24. The van der Waals surface area contributed by atoms with E-state index in [2.05, 4.69) is 26.0 Å². The number of rotatable bonds is 3. The second kappa shape index (κ2) is 7.29. The molecule has 8 heteroatoms. The summed E-state index contributed by atoms with van der Waals surface area (Å²) in [6, 6.07) is 19.4. The highest BCUT2D eigenvalue weighted by Gasteiger charge is 2.19. The summed E-state index contributed by atoms with van der Waals surface area (Å²) in [6.07, 6.45) is 1.72. The second-order valence-electron chi connectivity index (χ2n) is 7.31. The number of benzene rings is 2. The summed E-state index contributed by atoms with van der Waals surface area (Å²) in [7, 11) is 0. The lowest BCUT2D eigenvalue weighted by molar-refractivity contribution is 0.571. The Bertz CT molecular complexity index is 1740. The summed E-state index contributed by atoms with van der Waals surface area (Å²) >= 11 is 4.74. The van der Waals surface area contributed by atoms with E-state index >= 15 is 0 Å². The smallest absolute Gasteiger partial charge is 0.291 e. The van der Waals surface area contributed by atoms with Gasteiger partial charge in [-0.25, -0.2) is 0 Å². The van der Waals surface area contributed by atoms with E-state index in [1.807, 2.05) is 67.6 Å². The standard InChI is InChI=1S/C24H14BrN3O3S/c1-13-17-7-2-3-8-19(17)31-21(13)22-26-24-28(27-22)23(29)20(32-24)12-16-9-10-18(30-16)14-5-4-6-15(25)11-14/h2-12H,1H3/b20-12-. The van der Waals surface area contributed by atoms with Crippen LogP contribution in [0.2, 0.25) is 0 Å². The van der Waals surface area contributed by atoms with Crippen molar-refractivity contribution in [2.45, 2.75) is 6.92 Å². The lowest BCUT2D eigenvalue weighted by atomic mass is 10.1. The summed E-state index contributed by atoms with van der Waals surface area (Å²) in [6.45, 7) is 1.97. The Morgan fingerprint density at radius 3 is 2.75 bits per heavy atom. The molecule has 0 saturated heterocycles. The van der Waals surface area contributed by atoms with E-state index < -0.39 is 0 Å². The zero-order valence-electron chi connectivity index (χ0n) is 16.7. The Kier molecular flexibility index (Phi) is 4.38. The zero-order valence-corrected chi connectivity index (χ0v) is 19.1. The number of thiazole rings is 1. The number of aromatic nitrogens is 3. The fraction of sp³-hybridized carbons (Fsp3) is 0.0417. The van der Waals surface area contributed by atoms with Crippen molar-refractivity contribution in [1.82, 2.24) is 14.6 Å². The third-order valence-corrected chi connectivity index (χ3v) is 6.69. The summed E-state index contributed by atoms with van der Waals surface area (Å²) in [5.74, 6) is 2.31. The molecule has 156 valence electrons. The van der Waals surface area contributed by atoms with Crippen LogP contribution >= 0.6 is 27.3 Å². The van der Waals surface area contributed by atoms with Crippen molar-refractivity contribution in [2.24, 2.45) is 0 Å². The first-order valence-corrected chi connectivity index (χ1v) is 11.4. The SMILES string of the molecule is Cc1c(-c2nc3s/c(=C\c4ccc(-c5cccc(Br)c5)o4)c(=O)n3n2)oc2ccccc12. The van der Waals surface area contributed by atoms with Gasteiger partial charge in [-0.15, -0.1) is 5.10 Å². The fourth-order valence-corrected chi connectivity index (χ4v) is 4.96. The molecule has 4 heterocycles. The van der Waals surface area contributed by atoms with E-state index in [0.29, 0.717) is 26.8 Å². The van der Waals surface area contributed by atoms with Gasteiger partial charge < -0.3 is 8.83 Å². The van der Waals surface area contributed by atoms with E-state index in [-0.39, 0.29) is 5.56 Å². The maximum absolute atomic E-state index is 12.9. The first-order chi connectivity index (χ1) is 15.6. The first-order valence-electron chi connectivity index (χ1n) is 9.82. The quantitative estimate of drug-likeness (QED) is 0.321. The molecule has 4 aromatic heterocycles. The van der Waals surface area contributed by atoms with Crippen LogP contribution in [0.1, 0.15) is 11.3 Å². The predicted molar refractivity (Wildman–Crippen MR) is 128 cm³/mol. The van der Waals surface area contributed by atoms with Crippen molar-refractivity contribution < 1.29 is 8.83 Å². The number of fused-ring (bicyclic) bond motifs is 2. The Morgan fingerprint density at radius 1 is 1.06 bits per heavy atom. The fourth-order valence-electron chi connectivity index (χ4n) is 3.67. The Balaban J connectivity index is 1.40. The predicted octanol–water partition coefficient (Wildman–Crippen LogP) is 5.44. The third kappa shape index (κ3) is 3.11. The molecule has 0 atom stereocenters. The van der Waals surface area contributed by atoms with Crippen molar-refractivity contribution in [1.29, 1.82) is 0 Å². The number of hydrogen-bond acceptors (Lipinski definition) is 6. The van der Waals surface area contributed by atoms with Gasteiger partial charge in [0, 0.05) is 27.1 Å². The van der Waals surface area contributed by atoms with Crippen LogP contribution in [0.15, 0.2) is 78.8 Å². The van der Waals surface area contributed by atoms with Gasteiger partial charge in [-0.1, -0.05) is 57.6 Å². The van der Waals surface area contributed by atoms with Gasteiger partial charge in [-0.2, -0.15) is 9.50 Å². The highest BCUT2D eigenvalue weighted by Crippen LogP contribution is 2.31. The Hall–Kier alpha value is -3.49. The van der Waals surface area contributed by atoms with Crippen LogP contribution in [0.4, 0.5) is 0 Å². The van der Waals surface area contributed by atoms with Crippen molar-refractivity contribution in [3.05, 3.63) is 91.3 Å². The van der Waals surface area contributed by atoms with Crippen LogP contribution in [-0.4, -0.2) is 14.6 Å². The Labute approximate surface area is 193 Å². The minimum absolute atomic E-state index is 0.238. The molecule has 0 unspecified atom stereocenters. The van der Waals surface area contributed by atoms with Crippen LogP contribution in [0.3, 0.4) is 0 Å². The lowest BCUT2D eigenvalue weighted by Gasteiger charge is -1.96. The van der Waals surface area contributed by atoms with Gasteiger partial charge >= 0.3 is 0 Å². The molecule has 0 radical (unpaired) electrons. The molecule has 0 aliphatic heterocycles. The molecule has 0 saturated carbocycles. The van der Waals surface area contributed by atoms with Gasteiger partial charge in [0.15, 0.2) is 5.76 Å². The van der Waals surface area contributed by atoms with Crippen LogP contribution in [-0.2, 0) is 0 Å². The molecular formula is C24H14BrN3O3S. The molecular weight excluding hydrogens is 490 g/mol. The molecule has 2 aromatic carbocycles. The van der Waals surface area contributed by atoms with Crippen molar-refractivity contribution in [3.63, 3.8) is 0 Å². The van der Waals surface area contributed by atoms with E-state index in [4.69, 9.17) is 8.83 Å². The number of hydrogen-bond donors (Lipinski definition) is 0. The van der Waals surface area contributed by atoms with Gasteiger partial charge in [0.2, 0.25) is 10.8 Å². The maximum Gasteiger partial charge on any atom is 0.291 e. The average molecular weight is 504 g/mol. The van der Waals surface area contributed by atoms with Crippen LogP contribution in [0.5, 0.6) is 0 Å². The van der Waals surface area contributed by atoms with Gasteiger partial charge in [-0.05, 0) is 37.3 Å². The third-order valence-electron chi connectivity index (χ3n) is 5.24. The average Bonchev–Trinajstić information content (AvgIpc) is 3.55. The molecule has 0 aliphatic rings. The topological polar surface area (TPSA) is 73.5 Å². The number of furan rings is 2. The number of aryl methyl sites for hydroxylation is 1. The molecule has 32 heavy (non-hydrogen) atoms. The molecule has 0 aliphatic carbocycles. The largest absolute Gasteiger partial charge is 0.457 e. The van der Waals surface area contributed by atoms with E-state index in [1.54, 1.807) is 6.08 Å². The number of nitrogens with zero attached hydrogens (tertiary/aromatic N) is 3. The van der Waals surface area contributed by atoms with Crippen molar-refractivity contribution in [2.75, 3.05) is 0 Å².